The molecule has 0 spiro atoms. The van der Waals surface area contributed by atoms with Gasteiger partial charge in [-0.2, -0.15) is 0 Å². The zero-order chi connectivity index (χ0) is 43.2. The van der Waals surface area contributed by atoms with E-state index >= 15 is 0 Å². The summed E-state index contributed by atoms with van der Waals surface area (Å²) in [5.74, 6) is -0.436. The van der Waals surface area contributed by atoms with E-state index in [4.69, 9.17) is 4.52 Å². The first-order valence-electron chi connectivity index (χ1n) is 21.4. The molecule has 4 N–H and O–H groups in total. The summed E-state index contributed by atoms with van der Waals surface area (Å²) in [4.78, 5) is 56.4. The van der Waals surface area contributed by atoms with Crippen LogP contribution in [0.3, 0.4) is 0 Å². The molecular weight excluding hydrogens is 807 g/mol. The zero-order valence-electron chi connectivity index (χ0n) is 35.2. The fourth-order valence-corrected chi connectivity index (χ4v) is 10.2. The largest absolute Gasteiger partial charge is 0.507 e. The van der Waals surface area contributed by atoms with Crippen LogP contribution in [0.15, 0.2) is 70.7 Å². The maximum Gasteiger partial charge on any atom is 0.243 e. The highest BCUT2D eigenvalue weighted by molar-refractivity contribution is 7.13. The second-order valence-electron chi connectivity index (χ2n) is 17.2. The standard InChI is InChI=1S/C46H51N9O6S/c1-25(2)41(46(60)55-23-31(56)20-37(55)44(58)48-26(3)28-9-11-29(12-10-28)42-27(4)47-24-62-42)39-22-40(52-61-39)53-15-17-54(18-16-53)45(59)30-13-14-35-33(19-30)34-21-36(50-51-43(34)49-35)32-7-5-6-8-38(32)57/h5-12,21-22,24-26,30-31,37,41,56-57H,13-20,23H2,1-4H3,(H,48,58)(H,49,51)/t26-,30+,31+,37-,41+/m0/s1. The Morgan fingerprint density at radius 2 is 1.77 bits per heavy atom. The second-order valence-corrected chi connectivity index (χ2v) is 18.0. The number of phenols is 1. The number of fused-ring (bicyclic) bond motifs is 3. The Labute approximate surface area is 363 Å². The number of likely N-dealkylation sites (tertiary alicyclic amines) is 1. The van der Waals surface area contributed by atoms with Crippen molar-refractivity contribution in [1.82, 2.24) is 40.4 Å². The van der Waals surface area contributed by atoms with Crippen LogP contribution in [0.1, 0.15) is 73.8 Å². The summed E-state index contributed by atoms with van der Waals surface area (Å²) in [6.07, 6.45) is 1.36. The first-order valence-corrected chi connectivity index (χ1v) is 22.3. The summed E-state index contributed by atoms with van der Waals surface area (Å²) >= 11 is 1.59. The minimum absolute atomic E-state index is 0.0460. The third-order valence-corrected chi connectivity index (χ3v) is 13.8. The fourth-order valence-electron chi connectivity index (χ4n) is 9.35. The van der Waals surface area contributed by atoms with Crippen molar-refractivity contribution in [2.75, 3.05) is 37.6 Å². The van der Waals surface area contributed by atoms with Gasteiger partial charge in [0.25, 0.3) is 0 Å². The monoisotopic (exact) mass is 857 g/mol. The molecule has 0 unspecified atom stereocenters. The van der Waals surface area contributed by atoms with E-state index in [1.54, 1.807) is 29.5 Å². The molecule has 3 aliphatic rings. The fraction of sp³-hybridized carbons (Fsp3) is 0.413. The molecule has 3 amide bonds. The number of aromatic nitrogens is 5. The van der Waals surface area contributed by atoms with Crippen molar-refractivity contribution in [3.05, 3.63) is 94.4 Å². The summed E-state index contributed by atoms with van der Waals surface area (Å²) in [7, 11) is 0. The summed E-state index contributed by atoms with van der Waals surface area (Å²) in [6, 6.07) is 17.7. The number of aromatic hydroxyl groups is 1. The first kappa shape index (κ1) is 41.2. The van der Waals surface area contributed by atoms with Crippen LogP contribution >= 0.6 is 11.3 Å². The highest BCUT2D eigenvalue weighted by Gasteiger charge is 2.44. The molecule has 6 heterocycles. The van der Waals surface area contributed by atoms with Crippen LogP contribution in [0.25, 0.3) is 32.7 Å². The maximum absolute atomic E-state index is 14.3. The number of thiazole rings is 1. The van der Waals surface area contributed by atoms with Crippen molar-refractivity contribution >= 4 is 45.9 Å². The number of carbonyl (C=O) groups excluding carboxylic acids is 3. The van der Waals surface area contributed by atoms with Gasteiger partial charge in [-0.05, 0) is 73.9 Å². The van der Waals surface area contributed by atoms with Gasteiger partial charge in [-0.25, -0.2) is 4.98 Å². The van der Waals surface area contributed by atoms with Crippen molar-refractivity contribution in [3.63, 3.8) is 0 Å². The molecule has 2 fully saturated rings. The van der Waals surface area contributed by atoms with Gasteiger partial charge in [0.2, 0.25) is 17.7 Å². The Balaban J connectivity index is 0.822. The second kappa shape index (κ2) is 17.0. The van der Waals surface area contributed by atoms with E-state index in [1.165, 1.54) is 4.90 Å². The number of aryl methyl sites for hydroxylation is 2. The lowest BCUT2D eigenvalue weighted by atomic mass is 9.85. The van der Waals surface area contributed by atoms with Crippen molar-refractivity contribution in [2.45, 2.75) is 77.5 Å². The van der Waals surface area contributed by atoms with Gasteiger partial charge in [0.15, 0.2) is 17.2 Å². The number of aromatic amines is 1. The van der Waals surface area contributed by atoms with E-state index < -0.39 is 18.1 Å². The molecule has 16 heteroatoms. The zero-order valence-corrected chi connectivity index (χ0v) is 36.1. The van der Waals surface area contributed by atoms with Crippen LogP contribution in [0.2, 0.25) is 0 Å². The molecule has 0 bridgehead atoms. The third kappa shape index (κ3) is 7.92. The topological polar surface area (TPSA) is 194 Å². The van der Waals surface area contributed by atoms with Crippen LogP contribution in [-0.4, -0.2) is 108 Å². The highest BCUT2D eigenvalue weighted by Crippen LogP contribution is 2.37. The molecule has 2 saturated heterocycles. The summed E-state index contributed by atoms with van der Waals surface area (Å²) in [5.41, 5.74) is 8.81. The molecule has 5 atom stereocenters. The number of aliphatic hydroxyl groups excluding tert-OH is 1. The minimum Gasteiger partial charge on any atom is -0.507 e. The van der Waals surface area contributed by atoms with E-state index in [0.29, 0.717) is 61.1 Å². The average molecular weight is 858 g/mol. The van der Waals surface area contributed by atoms with E-state index in [2.05, 4.69) is 35.5 Å². The Hall–Kier alpha value is -6.13. The number of β-amino-alcohol motifs (C(OH)–C–C–N with tert-alkyl or cyclic N) is 1. The van der Waals surface area contributed by atoms with Crippen molar-refractivity contribution in [2.24, 2.45) is 11.8 Å². The lowest BCUT2D eigenvalue weighted by Gasteiger charge is -2.37. The van der Waals surface area contributed by atoms with Crippen LogP contribution in [0.4, 0.5) is 5.82 Å². The predicted octanol–water partition coefficient (Wildman–Crippen LogP) is 5.78. The number of hydrogen-bond donors (Lipinski definition) is 4. The molecule has 0 radical (unpaired) electrons. The maximum atomic E-state index is 14.3. The van der Waals surface area contributed by atoms with Gasteiger partial charge in [-0.15, -0.1) is 21.5 Å². The Kier molecular flexibility index (Phi) is 11.3. The number of rotatable bonds is 10. The first-order chi connectivity index (χ1) is 29.9. The number of benzene rings is 2. The van der Waals surface area contributed by atoms with E-state index in [1.807, 2.05) is 80.6 Å². The number of hydrogen-bond acceptors (Lipinski definition) is 12. The minimum atomic E-state index is -0.838. The molecule has 9 rings (SSSR count). The lowest BCUT2D eigenvalue weighted by Crippen LogP contribution is -2.51. The number of nitrogens with one attached hydrogen (secondary N) is 2. The molecule has 6 aromatic rings. The number of phenolic OH excluding ortho intramolecular Hbond substituents is 1. The molecule has 322 valence electrons. The average Bonchev–Trinajstić information content (AvgIpc) is 4.09. The number of para-hydroxylation sites is 1. The number of nitrogens with zero attached hydrogens (tertiary/aromatic N) is 7. The molecule has 2 aromatic carbocycles. The molecule has 2 aliphatic heterocycles. The Morgan fingerprint density at radius 3 is 2.50 bits per heavy atom. The van der Waals surface area contributed by atoms with Crippen LogP contribution < -0.4 is 10.2 Å². The van der Waals surface area contributed by atoms with Gasteiger partial charge >= 0.3 is 0 Å². The van der Waals surface area contributed by atoms with Crippen molar-refractivity contribution in [3.8, 4) is 27.4 Å². The molecule has 62 heavy (non-hydrogen) atoms. The van der Waals surface area contributed by atoms with Gasteiger partial charge in [0.05, 0.1) is 33.9 Å². The van der Waals surface area contributed by atoms with Gasteiger partial charge in [-0.1, -0.05) is 55.4 Å². The number of amides is 3. The summed E-state index contributed by atoms with van der Waals surface area (Å²) in [6.45, 7) is 9.94. The Morgan fingerprint density at radius 1 is 1.00 bits per heavy atom. The van der Waals surface area contributed by atoms with Gasteiger partial charge < -0.3 is 39.7 Å². The van der Waals surface area contributed by atoms with Crippen molar-refractivity contribution in [1.29, 1.82) is 0 Å². The number of carbonyl (C=O) groups is 3. The summed E-state index contributed by atoms with van der Waals surface area (Å²) < 4.78 is 5.87. The van der Waals surface area contributed by atoms with Gasteiger partial charge in [-0.3, -0.25) is 14.4 Å². The van der Waals surface area contributed by atoms with Gasteiger partial charge in [0.1, 0.15) is 17.7 Å². The van der Waals surface area contributed by atoms with E-state index in [0.717, 1.165) is 51.2 Å². The third-order valence-electron chi connectivity index (χ3n) is 12.8. The highest BCUT2D eigenvalue weighted by atomic mass is 32.1. The molecule has 4 aromatic heterocycles. The molecule has 1 aliphatic carbocycles. The molecule has 15 nitrogen and oxygen atoms in total. The Bertz CT molecular complexity index is 2610. The van der Waals surface area contributed by atoms with E-state index in [9.17, 15) is 24.6 Å². The number of H-pyrrole nitrogens is 1. The lowest BCUT2D eigenvalue weighted by molar-refractivity contribution is -0.141. The predicted molar refractivity (Wildman–Crippen MR) is 234 cm³/mol. The van der Waals surface area contributed by atoms with Gasteiger partial charge in [0, 0.05) is 67.8 Å². The van der Waals surface area contributed by atoms with Crippen LogP contribution in [-0.2, 0) is 27.2 Å². The van der Waals surface area contributed by atoms with Crippen molar-refractivity contribution < 1.29 is 29.1 Å². The smallest absolute Gasteiger partial charge is 0.243 e. The SMILES string of the molecule is Cc1ncsc1-c1ccc([C@H](C)NC(=O)[C@@H]2C[C@@H](O)CN2C(=O)[C@@H](c2cc(N3CCN(C(=O)[C@@H]4CCc5[nH]c6nnc(-c7ccccc7O)cc6c5C4)CC3)no2)C(C)C)cc1. The molecular formula is C46H51N9O6S. The number of aliphatic hydroxyl groups is 1. The number of piperazine rings is 1. The van der Waals surface area contributed by atoms with E-state index in [-0.39, 0.29) is 54.3 Å². The normalized spacial score (nSPS) is 20.1. The summed E-state index contributed by atoms with van der Waals surface area (Å²) in [5, 5.41) is 38.3. The quantitative estimate of drug-likeness (QED) is 0.131. The van der Waals surface area contributed by atoms with Crippen LogP contribution in [0.5, 0.6) is 5.75 Å². The number of anilines is 1. The van der Waals surface area contributed by atoms with Crippen LogP contribution in [0, 0.1) is 18.8 Å². The molecule has 0 saturated carbocycles.